The molecule has 0 aliphatic carbocycles. The molecule has 0 radical (unpaired) electrons. The van der Waals surface area contributed by atoms with Crippen LogP contribution in [0.5, 0.6) is 0 Å². The van der Waals surface area contributed by atoms with E-state index in [0.717, 1.165) is 16.9 Å². The summed E-state index contributed by atoms with van der Waals surface area (Å²) in [4.78, 5) is 27.2. The van der Waals surface area contributed by atoms with Gasteiger partial charge in [0.15, 0.2) is 5.43 Å². The maximum absolute atomic E-state index is 12.1. The second-order valence-electron chi connectivity index (χ2n) is 5.26. The standard InChI is InChI=1S/C18H15ClN2O2S/c19-12-6-7-16-15(8-12)17(22)9-14(20-16)10-24-11-18(23)21-13-4-2-1-3-5-13/h1-9H,10-11H2,(H,20,22)(H,21,23). The zero-order valence-electron chi connectivity index (χ0n) is 12.7. The summed E-state index contributed by atoms with van der Waals surface area (Å²) in [6.45, 7) is 0. The van der Waals surface area contributed by atoms with Crippen molar-refractivity contribution in [2.75, 3.05) is 11.1 Å². The van der Waals surface area contributed by atoms with Gasteiger partial charge >= 0.3 is 0 Å². The number of thioether (sulfide) groups is 1. The number of halogens is 1. The van der Waals surface area contributed by atoms with Crippen LogP contribution in [-0.2, 0) is 10.5 Å². The van der Waals surface area contributed by atoms with Gasteiger partial charge in [-0.05, 0) is 30.3 Å². The van der Waals surface area contributed by atoms with Crippen molar-refractivity contribution in [2.24, 2.45) is 0 Å². The topological polar surface area (TPSA) is 62.0 Å². The lowest BCUT2D eigenvalue weighted by Crippen LogP contribution is -2.14. The molecule has 1 amide bonds. The molecule has 0 atom stereocenters. The third-order valence-electron chi connectivity index (χ3n) is 3.40. The minimum absolute atomic E-state index is 0.0684. The number of fused-ring (bicyclic) bond motifs is 1. The first-order valence-corrected chi connectivity index (χ1v) is 8.89. The summed E-state index contributed by atoms with van der Waals surface area (Å²) in [6, 6.07) is 16.1. The van der Waals surface area contributed by atoms with E-state index >= 15 is 0 Å². The Hall–Kier alpha value is -2.24. The molecule has 0 fully saturated rings. The Kier molecular flexibility index (Phi) is 5.23. The number of pyridine rings is 1. The van der Waals surface area contributed by atoms with Gasteiger partial charge in [0.25, 0.3) is 0 Å². The van der Waals surface area contributed by atoms with Crippen molar-refractivity contribution in [3.05, 3.63) is 75.5 Å². The first kappa shape index (κ1) is 16.6. The zero-order valence-corrected chi connectivity index (χ0v) is 14.3. The number of aromatic amines is 1. The quantitative estimate of drug-likeness (QED) is 0.723. The number of benzene rings is 2. The van der Waals surface area contributed by atoms with Crippen molar-refractivity contribution >= 4 is 45.9 Å². The summed E-state index contributed by atoms with van der Waals surface area (Å²) in [5, 5.41) is 3.93. The molecule has 3 aromatic rings. The number of H-pyrrole nitrogens is 1. The van der Waals surface area contributed by atoms with Crippen molar-refractivity contribution in [3.63, 3.8) is 0 Å². The van der Waals surface area contributed by atoms with Crippen LogP contribution < -0.4 is 10.7 Å². The Morgan fingerprint density at radius 2 is 1.92 bits per heavy atom. The molecule has 1 heterocycles. The number of nitrogens with one attached hydrogen (secondary N) is 2. The highest BCUT2D eigenvalue weighted by molar-refractivity contribution is 7.99. The molecule has 3 rings (SSSR count). The lowest BCUT2D eigenvalue weighted by molar-refractivity contribution is -0.113. The molecule has 0 unspecified atom stereocenters. The molecule has 122 valence electrons. The van der Waals surface area contributed by atoms with E-state index in [1.54, 1.807) is 24.3 Å². The molecule has 0 saturated carbocycles. The average Bonchev–Trinajstić information content (AvgIpc) is 2.56. The number of carbonyl (C=O) groups excluding carboxylic acids is 1. The van der Waals surface area contributed by atoms with Crippen molar-refractivity contribution in [2.45, 2.75) is 5.75 Å². The van der Waals surface area contributed by atoms with Crippen LogP contribution in [0.25, 0.3) is 10.9 Å². The molecule has 24 heavy (non-hydrogen) atoms. The number of rotatable bonds is 5. The van der Waals surface area contributed by atoms with Gasteiger partial charge in [0.05, 0.1) is 5.75 Å². The second-order valence-corrected chi connectivity index (χ2v) is 6.68. The number of aromatic nitrogens is 1. The lowest BCUT2D eigenvalue weighted by Gasteiger charge is -2.06. The maximum atomic E-state index is 12.1. The van der Waals surface area contributed by atoms with E-state index in [4.69, 9.17) is 11.6 Å². The predicted octanol–water partition coefficient (Wildman–Crippen LogP) is 4.05. The number of para-hydroxylation sites is 1. The normalized spacial score (nSPS) is 10.7. The fourth-order valence-corrected chi connectivity index (χ4v) is 3.23. The minimum Gasteiger partial charge on any atom is -0.357 e. The number of anilines is 1. The molecule has 2 aromatic carbocycles. The fraction of sp³-hybridized carbons (Fsp3) is 0.111. The molecule has 1 aromatic heterocycles. The van der Waals surface area contributed by atoms with E-state index in [2.05, 4.69) is 10.3 Å². The van der Waals surface area contributed by atoms with E-state index in [-0.39, 0.29) is 11.3 Å². The summed E-state index contributed by atoms with van der Waals surface area (Å²) in [6.07, 6.45) is 0. The van der Waals surface area contributed by atoms with Gasteiger partial charge in [-0.15, -0.1) is 11.8 Å². The molecule has 4 nitrogen and oxygen atoms in total. The first-order valence-electron chi connectivity index (χ1n) is 7.36. The van der Waals surface area contributed by atoms with Crippen LogP contribution in [0.2, 0.25) is 5.02 Å². The van der Waals surface area contributed by atoms with E-state index in [1.807, 2.05) is 30.3 Å². The highest BCUT2D eigenvalue weighted by atomic mass is 35.5. The Bertz CT molecular complexity index is 925. The second kappa shape index (κ2) is 7.55. The van der Waals surface area contributed by atoms with Crippen molar-refractivity contribution in [1.29, 1.82) is 0 Å². The summed E-state index contributed by atoms with van der Waals surface area (Å²) in [5.74, 6) is 0.798. The number of hydrogen-bond donors (Lipinski definition) is 2. The highest BCUT2D eigenvalue weighted by Gasteiger charge is 2.06. The van der Waals surface area contributed by atoms with Gasteiger partial charge in [-0.25, -0.2) is 0 Å². The molecule has 2 N–H and O–H groups in total. The molecule has 0 spiro atoms. The van der Waals surface area contributed by atoms with E-state index in [0.29, 0.717) is 21.9 Å². The van der Waals surface area contributed by atoms with Gasteiger partial charge in [-0.1, -0.05) is 29.8 Å². The third-order valence-corrected chi connectivity index (χ3v) is 4.61. The van der Waals surface area contributed by atoms with E-state index in [9.17, 15) is 9.59 Å². The largest absolute Gasteiger partial charge is 0.357 e. The summed E-state index contributed by atoms with van der Waals surface area (Å²) in [7, 11) is 0. The van der Waals surface area contributed by atoms with Crippen LogP contribution in [0.4, 0.5) is 5.69 Å². The van der Waals surface area contributed by atoms with Gasteiger partial charge in [0, 0.05) is 39.1 Å². The van der Waals surface area contributed by atoms with E-state index in [1.165, 1.54) is 11.8 Å². The van der Waals surface area contributed by atoms with Crippen LogP contribution >= 0.6 is 23.4 Å². The molecule has 0 bridgehead atoms. The number of carbonyl (C=O) groups is 1. The van der Waals surface area contributed by atoms with Crippen molar-refractivity contribution < 1.29 is 4.79 Å². The summed E-state index contributed by atoms with van der Waals surface area (Å²) < 4.78 is 0. The molecule has 0 aliphatic heterocycles. The Morgan fingerprint density at radius 1 is 1.12 bits per heavy atom. The molecular formula is C18H15ClN2O2S. The monoisotopic (exact) mass is 358 g/mol. The summed E-state index contributed by atoms with van der Waals surface area (Å²) >= 11 is 7.36. The van der Waals surface area contributed by atoms with Crippen LogP contribution in [0.3, 0.4) is 0 Å². The van der Waals surface area contributed by atoms with Crippen LogP contribution in [0.15, 0.2) is 59.4 Å². The van der Waals surface area contributed by atoms with Gasteiger partial charge in [-0.3, -0.25) is 9.59 Å². The van der Waals surface area contributed by atoms with Gasteiger partial charge < -0.3 is 10.3 Å². The average molecular weight is 359 g/mol. The van der Waals surface area contributed by atoms with E-state index < -0.39 is 0 Å². The number of hydrogen-bond acceptors (Lipinski definition) is 3. The molecular weight excluding hydrogens is 344 g/mol. The molecule has 0 saturated heterocycles. The zero-order chi connectivity index (χ0) is 16.9. The van der Waals surface area contributed by atoms with Gasteiger partial charge in [0.1, 0.15) is 0 Å². The smallest absolute Gasteiger partial charge is 0.234 e. The predicted molar refractivity (Wildman–Crippen MR) is 101 cm³/mol. The SMILES string of the molecule is O=C(CSCc1cc(=O)c2cc(Cl)ccc2[nH]1)Nc1ccccc1. The van der Waals surface area contributed by atoms with Crippen molar-refractivity contribution in [3.8, 4) is 0 Å². The summed E-state index contributed by atoms with van der Waals surface area (Å²) in [5.41, 5.74) is 2.23. The highest BCUT2D eigenvalue weighted by Crippen LogP contribution is 2.17. The first-order chi connectivity index (χ1) is 11.6. The van der Waals surface area contributed by atoms with Gasteiger partial charge in [-0.2, -0.15) is 0 Å². The number of amides is 1. The van der Waals surface area contributed by atoms with Crippen LogP contribution in [0.1, 0.15) is 5.69 Å². The Morgan fingerprint density at radius 3 is 2.71 bits per heavy atom. The molecule has 6 heteroatoms. The van der Waals surface area contributed by atoms with Crippen LogP contribution in [-0.4, -0.2) is 16.6 Å². The van der Waals surface area contributed by atoms with Crippen LogP contribution in [0, 0.1) is 0 Å². The fourth-order valence-electron chi connectivity index (χ4n) is 2.32. The Labute approximate surface area is 148 Å². The minimum atomic E-state index is -0.0735. The Balaban J connectivity index is 1.61. The lowest BCUT2D eigenvalue weighted by atomic mass is 10.2. The maximum Gasteiger partial charge on any atom is 0.234 e. The third kappa shape index (κ3) is 4.19. The molecule has 0 aliphatic rings. The van der Waals surface area contributed by atoms with Crippen molar-refractivity contribution in [1.82, 2.24) is 4.98 Å². The van der Waals surface area contributed by atoms with Gasteiger partial charge in [0.2, 0.25) is 5.91 Å².